The maximum absolute atomic E-state index is 12.9. The Balaban J connectivity index is 1.39. The normalized spacial score (nSPS) is 30.4. The van der Waals surface area contributed by atoms with E-state index in [4.69, 9.17) is 11.6 Å². The van der Waals surface area contributed by atoms with Crippen molar-refractivity contribution >= 4 is 21.4 Å². The Morgan fingerprint density at radius 2 is 1.85 bits per heavy atom. The summed E-state index contributed by atoms with van der Waals surface area (Å²) in [7, 11) is -2.83. The molecule has 1 aromatic heterocycles. The minimum atomic E-state index is -4.47. The van der Waals surface area contributed by atoms with Gasteiger partial charge in [-0.05, 0) is 56.2 Å². The van der Waals surface area contributed by atoms with Crippen LogP contribution in [-0.2, 0) is 16.0 Å². The van der Waals surface area contributed by atoms with Gasteiger partial charge in [-0.1, -0.05) is 11.6 Å². The minimum Gasteiger partial charge on any atom is -0.300 e. The molecule has 0 amide bonds. The second-order valence-electron chi connectivity index (χ2n) is 8.35. The molecule has 3 heterocycles. The maximum atomic E-state index is 12.9. The second kappa shape index (κ2) is 6.59. The number of hydrogen-bond acceptors (Lipinski definition) is 4. The third-order valence-electron chi connectivity index (χ3n) is 6.35. The van der Waals surface area contributed by atoms with Gasteiger partial charge in [0.15, 0.2) is 9.84 Å². The van der Waals surface area contributed by atoms with E-state index >= 15 is 0 Å². The maximum Gasteiger partial charge on any atom is 0.433 e. The summed E-state index contributed by atoms with van der Waals surface area (Å²) < 4.78 is 61.9. The molecule has 0 N–H and O–H groups in total. The molecule has 4 nitrogen and oxygen atoms in total. The summed E-state index contributed by atoms with van der Waals surface area (Å²) in [5.41, 5.74) is -0.400. The third kappa shape index (κ3) is 3.85. The molecule has 2 saturated heterocycles. The van der Waals surface area contributed by atoms with E-state index in [2.05, 4.69) is 9.88 Å². The Hall–Kier alpha value is -0.860. The lowest BCUT2D eigenvalue weighted by Gasteiger charge is -2.40. The zero-order valence-electron chi connectivity index (χ0n) is 14.8. The van der Waals surface area contributed by atoms with Gasteiger partial charge >= 0.3 is 6.18 Å². The smallest absolute Gasteiger partial charge is 0.300 e. The van der Waals surface area contributed by atoms with Crippen molar-refractivity contribution in [3.05, 3.63) is 28.5 Å². The van der Waals surface area contributed by atoms with Gasteiger partial charge in [0.1, 0.15) is 5.69 Å². The fourth-order valence-corrected chi connectivity index (χ4v) is 7.59. The average molecular weight is 423 g/mol. The lowest BCUT2D eigenvalue weighted by molar-refractivity contribution is -0.141. The summed E-state index contributed by atoms with van der Waals surface area (Å²) >= 11 is 6.14. The highest BCUT2D eigenvalue weighted by molar-refractivity contribution is 7.92. The first kappa shape index (κ1) is 19.5. The van der Waals surface area contributed by atoms with Gasteiger partial charge in [0, 0.05) is 24.2 Å². The Morgan fingerprint density at radius 3 is 2.44 bits per heavy atom. The average Bonchev–Trinajstić information content (AvgIpc) is 2.98. The number of nitrogens with zero attached hydrogens (tertiary/aromatic N) is 2. The van der Waals surface area contributed by atoms with E-state index in [1.165, 1.54) is 0 Å². The third-order valence-corrected chi connectivity index (χ3v) is 8.77. The van der Waals surface area contributed by atoms with E-state index in [0.717, 1.165) is 57.5 Å². The van der Waals surface area contributed by atoms with Gasteiger partial charge < -0.3 is 0 Å². The molecule has 1 spiro atoms. The summed E-state index contributed by atoms with van der Waals surface area (Å²) in [5, 5.41) is 0.297. The number of halogens is 4. The van der Waals surface area contributed by atoms with E-state index in [9.17, 15) is 21.6 Å². The molecule has 9 heteroatoms. The fourth-order valence-electron chi connectivity index (χ4n) is 5.08. The van der Waals surface area contributed by atoms with E-state index in [1.807, 2.05) is 0 Å². The van der Waals surface area contributed by atoms with Crippen molar-refractivity contribution in [3.63, 3.8) is 0 Å². The van der Waals surface area contributed by atoms with Crippen LogP contribution in [0.5, 0.6) is 0 Å². The monoisotopic (exact) mass is 422 g/mol. The van der Waals surface area contributed by atoms with E-state index in [0.29, 0.717) is 28.1 Å². The molecule has 1 aromatic rings. The van der Waals surface area contributed by atoms with Gasteiger partial charge in [-0.3, -0.25) is 9.88 Å². The molecule has 0 aromatic carbocycles. The standard InChI is InChI=1S/C18H22ClF3N2O2S/c19-15-8-23-16(18(20,21)22)7-14(15)12-1-3-13(4-2-12)24-6-5-17(9-24)10-27(25,26)11-17/h7-8,12-13H,1-6,9-11H2. The second-order valence-corrected chi connectivity index (χ2v) is 10.8. The lowest BCUT2D eigenvalue weighted by atomic mass is 9.81. The van der Waals surface area contributed by atoms with Crippen molar-refractivity contribution in [3.8, 4) is 0 Å². The molecule has 0 bridgehead atoms. The summed E-state index contributed by atoms with van der Waals surface area (Å²) in [6.07, 6.45) is 0.926. The Bertz CT molecular complexity index is 823. The van der Waals surface area contributed by atoms with Crippen LogP contribution < -0.4 is 0 Å². The Labute approximate surface area is 162 Å². The van der Waals surface area contributed by atoms with Crippen molar-refractivity contribution < 1.29 is 21.6 Å². The summed E-state index contributed by atoms with van der Waals surface area (Å²) in [6, 6.07) is 1.48. The van der Waals surface area contributed by atoms with Crippen molar-refractivity contribution in [1.82, 2.24) is 9.88 Å². The van der Waals surface area contributed by atoms with Crippen molar-refractivity contribution in [2.75, 3.05) is 24.6 Å². The first-order valence-corrected chi connectivity index (χ1v) is 11.4. The van der Waals surface area contributed by atoms with Crippen molar-refractivity contribution in [1.29, 1.82) is 0 Å². The first-order chi connectivity index (χ1) is 12.6. The molecule has 4 rings (SSSR count). The molecule has 1 saturated carbocycles. The highest BCUT2D eigenvalue weighted by Crippen LogP contribution is 2.45. The van der Waals surface area contributed by atoms with Crippen LogP contribution in [0.1, 0.15) is 49.3 Å². The molecule has 150 valence electrons. The zero-order chi connectivity index (χ0) is 19.4. The van der Waals surface area contributed by atoms with E-state index in [1.54, 1.807) is 0 Å². The van der Waals surface area contributed by atoms with Gasteiger partial charge in [0.2, 0.25) is 0 Å². The van der Waals surface area contributed by atoms with Crippen LogP contribution in [0.2, 0.25) is 5.02 Å². The number of pyridine rings is 1. The van der Waals surface area contributed by atoms with Crippen LogP contribution in [0.3, 0.4) is 0 Å². The van der Waals surface area contributed by atoms with Crippen LogP contribution in [0.4, 0.5) is 13.2 Å². The number of hydrogen-bond donors (Lipinski definition) is 0. The summed E-state index contributed by atoms with van der Waals surface area (Å²) in [6.45, 7) is 1.74. The van der Waals surface area contributed by atoms with E-state index < -0.39 is 21.7 Å². The Morgan fingerprint density at radius 1 is 1.19 bits per heavy atom. The molecule has 27 heavy (non-hydrogen) atoms. The topological polar surface area (TPSA) is 50.3 Å². The number of likely N-dealkylation sites (tertiary alicyclic amines) is 1. The van der Waals surface area contributed by atoms with Crippen LogP contribution >= 0.6 is 11.6 Å². The molecule has 3 aliphatic rings. The van der Waals surface area contributed by atoms with Crippen LogP contribution in [0.25, 0.3) is 0 Å². The predicted molar refractivity (Wildman–Crippen MR) is 96.5 cm³/mol. The van der Waals surface area contributed by atoms with Crippen molar-refractivity contribution in [2.24, 2.45) is 5.41 Å². The minimum absolute atomic E-state index is 0.0125. The highest BCUT2D eigenvalue weighted by atomic mass is 35.5. The highest BCUT2D eigenvalue weighted by Gasteiger charge is 2.53. The summed E-state index contributed by atoms with van der Waals surface area (Å²) in [4.78, 5) is 5.80. The first-order valence-electron chi connectivity index (χ1n) is 9.24. The fraction of sp³-hybridized carbons (Fsp3) is 0.722. The molecule has 2 aliphatic heterocycles. The zero-order valence-corrected chi connectivity index (χ0v) is 16.4. The molecule has 0 radical (unpaired) electrons. The SMILES string of the molecule is O=S1(=O)CC2(CCN(C3CCC(c4cc(C(F)(F)F)ncc4Cl)CC3)C2)C1. The quantitative estimate of drug-likeness (QED) is 0.725. The number of sulfone groups is 1. The van der Waals surface area contributed by atoms with Crippen LogP contribution in [-0.4, -0.2) is 48.9 Å². The lowest BCUT2D eigenvalue weighted by Crippen LogP contribution is -2.51. The number of aromatic nitrogens is 1. The molecular weight excluding hydrogens is 401 g/mol. The van der Waals surface area contributed by atoms with Crippen LogP contribution in [0.15, 0.2) is 12.3 Å². The molecule has 0 atom stereocenters. The van der Waals surface area contributed by atoms with Gasteiger partial charge in [-0.2, -0.15) is 13.2 Å². The summed E-state index contributed by atoms with van der Waals surface area (Å²) in [5.74, 6) is 0.621. The molecule has 3 fully saturated rings. The van der Waals surface area contributed by atoms with Crippen LogP contribution in [0, 0.1) is 5.41 Å². The Kier molecular flexibility index (Phi) is 4.75. The molecule has 1 aliphatic carbocycles. The van der Waals surface area contributed by atoms with Gasteiger partial charge in [0.05, 0.1) is 16.5 Å². The van der Waals surface area contributed by atoms with Gasteiger partial charge in [0.25, 0.3) is 0 Å². The molecular formula is C18H22ClF3N2O2S. The predicted octanol–water partition coefficient (Wildman–Crippen LogP) is 3.90. The van der Waals surface area contributed by atoms with Crippen molar-refractivity contribution in [2.45, 2.75) is 50.2 Å². The largest absolute Gasteiger partial charge is 0.433 e. The van der Waals surface area contributed by atoms with Gasteiger partial charge in [-0.25, -0.2) is 8.42 Å². The van der Waals surface area contributed by atoms with E-state index in [-0.39, 0.29) is 11.3 Å². The number of rotatable bonds is 2. The van der Waals surface area contributed by atoms with Gasteiger partial charge in [-0.15, -0.1) is 0 Å². The number of alkyl halides is 3. The molecule has 0 unspecified atom stereocenters.